The fraction of sp³-hybridized carbons (Fsp3) is 0.667. The zero-order valence-electron chi connectivity index (χ0n) is 7.44. The Hall–Kier alpha value is -1.01. The second-order valence-corrected chi connectivity index (χ2v) is 3.36. The summed E-state index contributed by atoms with van der Waals surface area (Å²) >= 11 is 0. The van der Waals surface area contributed by atoms with E-state index in [4.69, 9.17) is 4.74 Å². The highest BCUT2D eigenvalue weighted by Gasteiger charge is 2.33. The van der Waals surface area contributed by atoms with Crippen LogP contribution in [0.4, 0.5) is 0 Å². The molecule has 66 valence electrons. The summed E-state index contributed by atoms with van der Waals surface area (Å²) in [5, 5.41) is 2.73. The van der Waals surface area contributed by atoms with Crippen molar-refractivity contribution < 1.29 is 9.53 Å². The summed E-state index contributed by atoms with van der Waals surface area (Å²) in [5.74, 6) is 4.77. The fourth-order valence-corrected chi connectivity index (χ4v) is 1.00. The van der Waals surface area contributed by atoms with Gasteiger partial charge < -0.3 is 10.1 Å². The minimum atomic E-state index is -0.203. The monoisotopic (exact) mass is 167 g/mol. The molecular formula is C9H13NO2. The van der Waals surface area contributed by atoms with E-state index in [9.17, 15) is 4.79 Å². The highest BCUT2D eigenvalue weighted by Crippen LogP contribution is 2.24. The molecule has 0 saturated carbocycles. The first-order valence-corrected chi connectivity index (χ1v) is 3.95. The van der Waals surface area contributed by atoms with E-state index < -0.39 is 0 Å². The van der Waals surface area contributed by atoms with Crippen molar-refractivity contribution in [2.75, 3.05) is 19.8 Å². The Balaban J connectivity index is 2.23. The van der Waals surface area contributed by atoms with Crippen LogP contribution >= 0.6 is 0 Å². The molecule has 1 rings (SSSR count). The summed E-state index contributed by atoms with van der Waals surface area (Å²) in [4.78, 5) is 10.9. The molecule has 0 aromatic heterocycles. The number of hydrogen-bond donors (Lipinski definition) is 1. The van der Waals surface area contributed by atoms with Gasteiger partial charge in [0.1, 0.15) is 0 Å². The Morgan fingerprint density at radius 3 is 2.75 bits per heavy atom. The van der Waals surface area contributed by atoms with Crippen LogP contribution in [0.2, 0.25) is 0 Å². The highest BCUT2D eigenvalue weighted by atomic mass is 16.5. The van der Waals surface area contributed by atoms with Crippen LogP contribution in [0.5, 0.6) is 0 Å². The van der Waals surface area contributed by atoms with Crippen molar-refractivity contribution in [3.63, 3.8) is 0 Å². The minimum Gasteiger partial charge on any atom is -0.380 e. The molecule has 0 bridgehead atoms. The van der Waals surface area contributed by atoms with Crippen LogP contribution in [-0.2, 0) is 9.53 Å². The van der Waals surface area contributed by atoms with E-state index in [0.717, 1.165) is 13.2 Å². The van der Waals surface area contributed by atoms with Crippen LogP contribution in [0.1, 0.15) is 13.8 Å². The van der Waals surface area contributed by atoms with Crippen molar-refractivity contribution in [3.8, 4) is 11.8 Å². The van der Waals surface area contributed by atoms with E-state index in [-0.39, 0.29) is 11.3 Å². The zero-order chi connectivity index (χ0) is 9.03. The molecule has 1 heterocycles. The summed E-state index contributed by atoms with van der Waals surface area (Å²) in [6, 6.07) is 0. The van der Waals surface area contributed by atoms with Crippen LogP contribution < -0.4 is 5.32 Å². The first-order chi connectivity index (χ1) is 5.66. The molecule has 3 heteroatoms. The van der Waals surface area contributed by atoms with Crippen molar-refractivity contribution in [3.05, 3.63) is 0 Å². The van der Waals surface area contributed by atoms with Gasteiger partial charge in [-0.1, -0.05) is 12.8 Å². The average molecular weight is 167 g/mol. The van der Waals surface area contributed by atoms with Gasteiger partial charge in [-0.3, -0.25) is 4.79 Å². The van der Waals surface area contributed by atoms with E-state index in [1.165, 1.54) is 0 Å². The molecule has 1 amide bonds. The van der Waals surface area contributed by atoms with Gasteiger partial charge in [-0.25, -0.2) is 0 Å². The lowest BCUT2D eigenvalue weighted by molar-refractivity contribution is -0.122. The maximum atomic E-state index is 10.9. The van der Waals surface area contributed by atoms with Gasteiger partial charge in [0.2, 0.25) is 0 Å². The molecule has 1 fully saturated rings. The zero-order valence-corrected chi connectivity index (χ0v) is 7.44. The van der Waals surface area contributed by atoms with Gasteiger partial charge in [0.25, 0.3) is 5.91 Å². The van der Waals surface area contributed by atoms with Crippen LogP contribution in [0.25, 0.3) is 0 Å². The number of rotatable bonds is 2. The summed E-state index contributed by atoms with van der Waals surface area (Å²) in [7, 11) is 0. The largest absolute Gasteiger partial charge is 0.380 e. The van der Waals surface area contributed by atoms with Crippen LogP contribution in [0.15, 0.2) is 0 Å². The molecule has 0 aliphatic carbocycles. The third-order valence-electron chi connectivity index (χ3n) is 1.82. The molecule has 3 nitrogen and oxygen atoms in total. The Bertz CT molecular complexity index is 233. The lowest BCUT2D eigenvalue weighted by Crippen LogP contribution is -2.48. The molecule has 1 saturated heterocycles. The average Bonchev–Trinajstić information content (AvgIpc) is 1.98. The number of hydrogen-bond acceptors (Lipinski definition) is 2. The van der Waals surface area contributed by atoms with Gasteiger partial charge in [-0.2, -0.15) is 0 Å². The lowest BCUT2D eigenvalue weighted by atomic mass is 9.89. The number of nitrogens with one attached hydrogen (secondary N) is 1. The van der Waals surface area contributed by atoms with Crippen LogP contribution in [-0.4, -0.2) is 25.7 Å². The number of carbonyl (C=O) groups is 1. The van der Waals surface area contributed by atoms with Gasteiger partial charge in [0.15, 0.2) is 0 Å². The Morgan fingerprint density at radius 2 is 2.33 bits per heavy atom. The van der Waals surface area contributed by atoms with E-state index >= 15 is 0 Å². The second kappa shape index (κ2) is 3.59. The maximum absolute atomic E-state index is 10.9. The summed E-state index contributed by atoms with van der Waals surface area (Å²) in [6.07, 6.45) is 0. The normalized spacial score (nSPS) is 18.5. The van der Waals surface area contributed by atoms with Gasteiger partial charge in [0, 0.05) is 12.0 Å². The summed E-state index contributed by atoms with van der Waals surface area (Å²) in [6.45, 7) is 5.84. The second-order valence-electron chi connectivity index (χ2n) is 3.36. The van der Waals surface area contributed by atoms with Gasteiger partial charge in [-0.05, 0) is 12.8 Å². The van der Waals surface area contributed by atoms with E-state index in [1.54, 1.807) is 6.92 Å². The van der Waals surface area contributed by atoms with Crippen LogP contribution in [0.3, 0.4) is 0 Å². The standard InChI is InChI=1S/C9H13NO2/c1-3-4-8(11)10-5-9(2)6-12-7-9/h5-7H2,1-2H3,(H,10,11). The molecule has 0 spiro atoms. The number of ether oxygens (including phenoxy) is 1. The molecule has 1 N–H and O–H groups in total. The first-order valence-electron chi connectivity index (χ1n) is 3.95. The molecule has 1 aliphatic rings. The molecular weight excluding hydrogens is 154 g/mol. The predicted molar refractivity (Wildman–Crippen MR) is 45.4 cm³/mol. The van der Waals surface area contributed by atoms with E-state index in [2.05, 4.69) is 24.1 Å². The molecule has 0 aromatic carbocycles. The van der Waals surface area contributed by atoms with Crippen LogP contribution in [0, 0.1) is 17.3 Å². The Kier molecular flexibility index (Phi) is 2.72. The van der Waals surface area contributed by atoms with E-state index in [0.29, 0.717) is 6.54 Å². The third kappa shape index (κ3) is 2.24. The SMILES string of the molecule is CC#CC(=O)NCC1(C)COC1. The Labute approximate surface area is 72.5 Å². The minimum absolute atomic E-state index is 0.130. The third-order valence-corrected chi connectivity index (χ3v) is 1.82. The van der Waals surface area contributed by atoms with Gasteiger partial charge >= 0.3 is 0 Å². The highest BCUT2D eigenvalue weighted by molar-refractivity contribution is 5.93. The molecule has 12 heavy (non-hydrogen) atoms. The topological polar surface area (TPSA) is 38.3 Å². The number of amides is 1. The Morgan fingerprint density at radius 1 is 1.67 bits per heavy atom. The molecule has 0 aromatic rings. The molecule has 0 atom stereocenters. The van der Waals surface area contributed by atoms with Crippen molar-refractivity contribution in [1.82, 2.24) is 5.32 Å². The van der Waals surface area contributed by atoms with Gasteiger partial charge in [0.05, 0.1) is 13.2 Å². The lowest BCUT2D eigenvalue weighted by Gasteiger charge is -2.37. The summed E-state index contributed by atoms with van der Waals surface area (Å²) < 4.78 is 5.04. The number of carbonyl (C=O) groups excluding carboxylic acids is 1. The van der Waals surface area contributed by atoms with E-state index in [1.807, 2.05) is 0 Å². The molecule has 0 radical (unpaired) electrons. The predicted octanol–water partition coefficient (Wildman–Crippen LogP) is 0.162. The molecule has 0 unspecified atom stereocenters. The van der Waals surface area contributed by atoms with Crippen molar-refractivity contribution in [2.24, 2.45) is 5.41 Å². The maximum Gasteiger partial charge on any atom is 0.295 e. The fourth-order valence-electron chi connectivity index (χ4n) is 1.00. The first kappa shape index (κ1) is 9.08. The summed E-state index contributed by atoms with van der Waals surface area (Å²) in [5.41, 5.74) is 0.130. The van der Waals surface area contributed by atoms with Crippen molar-refractivity contribution in [2.45, 2.75) is 13.8 Å². The molecule has 1 aliphatic heterocycles. The smallest absolute Gasteiger partial charge is 0.295 e. The van der Waals surface area contributed by atoms with Crippen molar-refractivity contribution in [1.29, 1.82) is 0 Å². The van der Waals surface area contributed by atoms with Crippen molar-refractivity contribution >= 4 is 5.91 Å². The quantitative estimate of drug-likeness (QED) is 0.595. The van der Waals surface area contributed by atoms with Gasteiger partial charge in [-0.15, -0.1) is 0 Å².